The fourth-order valence-corrected chi connectivity index (χ4v) is 3.39. The van der Waals surface area contributed by atoms with E-state index in [1.807, 2.05) is 24.3 Å². The van der Waals surface area contributed by atoms with Crippen molar-refractivity contribution in [3.63, 3.8) is 0 Å². The third kappa shape index (κ3) is 2.14. The summed E-state index contributed by atoms with van der Waals surface area (Å²) < 4.78 is 6.84. The minimum absolute atomic E-state index is 0.171. The molecule has 0 amide bonds. The van der Waals surface area contributed by atoms with Gasteiger partial charge in [-0.1, -0.05) is 24.3 Å². The molecular weight excluding hydrogens is 336 g/mol. The molecule has 4 rings (SSSR count). The van der Waals surface area contributed by atoms with Crippen molar-refractivity contribution in [1.82, 2.24) is 9.36 Å². The van der Waals surface area contributed by atoms with E-state index < -0.39 is 29.2 Å². The maximum absolute atomic E-state index is 13.1. The number of nitrogens with zero attached hydrogens (tertiary/aromatic N) is 2. The number of rotatable bonds is 1. The number of aliphatic hydroxyl groups excluding tert-OH is 1. The van der Waals surface area contributed by atoms with Crippen molar-refractivity contribution < 1.29 is 14.6 Å². The number of methoxy groups -OCH3 is 1. The van der Waals surface area contributed by atoms with Crippen molar-refractivity contribution in [3.05, 3.63) is 63.2 Å². The molecule has 2 atom stereocenters. The third-order valence-corrected chi connectivity index (χ3v) is 4.79. The lowest BCUT2D eigenvalue weighted by molar-refractivity contribution is -0.134. The number of ether oxygens (including phenoxy) is 1. The van der Waals surface area contributed by atoms with Gasteiger partial charge in [-0.05, 0) is 35.9 Å². The van der Waals surface area contributed by atoms with Crippen molar-refractivity contribution >= 4 is 33.2 Å². The van der Waals surface area contributed by atoms with E-state index in [0.717, 1.165) is 20.1 Å². The van der Waals surface area contributed by atoms with E-state index >= 15 is 0 Å². The van der Waals surface area contributed by atoms with Gasteiger partial charge in [0.25, 0.3) is 11.1 Å². The lowest BCUT2D eigenvalue weighted by Gasteiger charge is -2.29. The van der Waals surface area contributed by atoms with Gasteiger partial charge in [0.05, 0.1) is 30.0 Å². The molecule has 0 unspecified atom stereocenters. The number of benzene rings is 2. The smallest absolute Gasteiger partial charge is 0.356 e. The summed E-state index contributed by atoms with van der Waals surface area (Å²) in [5, 5.41) is 12.3. The maximum atomic E-state index is 13.1. The molecule has 1 aliphatic rings. The highest BCUT2D eigenvalue weighted by atomic mass is 16.5. The zero-order valence-electron chi connectivity index (χ0n) is 14.2. The molecule has 0 spiro atoms. The summed E-state index contributed by atoms with van der Waals surface area (Å²) in [5.41, 5.74) is -1.14. The molecule has 1 aliphatic heterocycles. The SMILES string of the molecule is COC(=O)C1=C[C@@H](O)[C@H](C)n2c(=O)c3cc4ccccc4cc3c(=O)n21. The van der Waals surface area contributed by atoms with E-state index in [1.54, 1.807) is 19.1 Å². The maximum Gasteiger partial charge on any atom is 0.356 e. The van der Waals surface area contributed by atoms with Crippen LogP contribution in [0.2, 0.25) is 0 Å². The quantitative estimate of drug-likeness (QED) is 0.526. The molecule has 1 aromatic heterocycles. The molecule has 0 saturated heterocycles. The molecule has 7 nitrogen and oxygen atoms in total. The molecule has 2 aromatic carbocycles. The van der Waals surface area contributed by atoms with Crippen LogP contribution in [0.15, 0.2) is 52.1 Å². The van der Waals surface area contributed by atoms with E-state index in [2.05, 4.69) is 0 Å². The summed E-state index contributed by atoms with van der Waals surface area (Å²) >= 11 is 0. The van der Waals surface area contributed by atoms with Crippen LogP contribution in [0.3, 0.4) is 0 Å². The zero-order chi connectivity index (χ0) is 18.6. The van der Waals surface area contributed by atoms with Gasteiger partial charge in [0, 0.05) is 0 Å². The van der Waals surface area contributed by atoms with E-state index in [-0.39, 0.29) is 16.5 Å². The topological polar surface area (TPSA) is 90.5 Å². The summed E-state index contributed by atoms with van der Waals surface area (Å²) in [6.45, 7) is 1.61. The Bertz CT molecular complexity index is 1220. The summed E-state index contributed by atoms with van der Waals surface area (Å²) in [5.74, 6) is -0.800. The molecule has 0 aliphatic carbocycles. The molecule has 26 heavy (non-hydrogen) atoms. The summed E-state index contributed by atoms with van der Waals surface area (Å²) in [6, 6.07) is 9.99. The largest absolute Gasteiger partial charge is 0.464 e. The third-order valence-electron chi connectivity index (χ3n) is 4.79. The van der Waals surface area contributed by atoms with Gasteiger partial charge >= 0.3 is 5.97 Å². The van der Waals surface area contributed by atoms with Crippen LogP contribution in [0.5, 0.6) is 0 Å². The highest BCUT2D eigenvalue weighted by Crippen LogP contribution is 2.24. The number of fused-ring (bicyclic) bond motifs is 3. The van der Waals surface area contributed by atoms with Gasteiger partial charge in [0.1, 0.15) is 0 Å². The minimum atomic E-state index is -1.10. The van der Waals surface area contributed by atoms with Gasteiger partial charge < -0.3 is 9.84 Å². The normalized spacial score (nSPS) is 19.3. The molecule has 1 N–H and O–H groups in total. The van der Waals surface area contributed by atoms with E-state index in [1.165, 1.54) is 13.2 Å². The molecule has 3 aromatic rings. The van der Waals surface area contributed by atoms with Crippen molar-refractivity contribution in [2.24, 2.45) is 0 Å². The summed E-state index contributed by atoms with van der Waals surface area (Å²) in [4.78, 5) is 38.3. The molecule has 0 saturated carbocycles. The van der Waals surface area contributed by atoms with Crippen molar-refractivity contribution in [2.45, 2.75) is 19.1 Å². The predicted molar refractivity (Wildman–Crippen MR) is 97.0 cm³/mol. The Balaban J connectivity index is 2.20. The summed E-state index contributed by atoms with van der Waals surface area (Å²) in [7, 11) is 1.18. The van der Waals surface area contributed by atoms with Crippen LogP contribution in [-0.4, -0.2) is 33.7 Å². The monoisotopic (exact) mass is 352 g/mol. The Hall–Kier alpha value is -3.19. The van der Waals surface area contributed by atoms with E-state index in [4.69, 9.17) is 4.74 Å². The molecule has 0 fully saturated rings. The molecule has 2 heterocycles. The first-order valence-corrected chi connectivity index (χ1v) is 8.13. The highest BCUT2D eigenvalue weighted by Gasteiger charge is 2.31. The first-order valence-electron chi connectivity index (χ1n) is 8.13. The van der Waals surface area contributed by atoms with Crippen LogP contribution in [-0.2, 0) is 9.53 Å². The Morgan fingerprint density at radius 3 is 2.23 bits per heavy atom. The first-order chi connectivity index (χ1) is 12.4. The van der Waals surface area contributed by atoms with Gasteiger partial charge in [-0.15, -0.1) is 0 Å². The van der Waals surface area contributed by atoms with Gasteiger partial charge in [-0.25, -0.2) is 14.2 Å². The number of carbonyl (C=O) groups excluding carboxylic acids is 1. The minimum Gasteiger partial charge on any atom is -0.464 e. The first kappa shape index (κ1) is 16.3. The lowest BCUT2D eigenvalue weighted by Crippen LogP contribution is -2.46. The number of hydrogen-bond acceptors (Lipinski definition) is 5. The van der Waals surface area contributed by atoms with Gasteiger partial charge in [-0.3, -0.25) is 9.59 Å². The molecular formula is C19H16N2O5. The second-order valence-corrected chi connectivity index (χ2v) is 6.29. The molecule has 0 bridgehead atoms. The molecule has 7 heteroatoms. The van der Waals surface area contributed by atoms with Crippen LogP contribution in [0.4, 0.5) is 0 Å². The Morgan fingerprint density at radius 1 is 1.08 bits per heavy atom. The summed E-state index contributed by atoms with van der Waals surface area (Å²) in [6.07, 6.45) is 0.142. The Morgan fingerprint density at radius 2 is 1.65 bits per heavy atom. The standard InChI is InChI=1S/C19H16N2O5/c1-10-16(22)9-15(19(25)26-2)21-18(24)14-8-12-6-4-3-5-11(12)7-13(14)17(23)20(10)21/h3-10,16,22H,1-2H3/t10-,16+/m0/s1. The average molecular weight is 352 g/mol. The van der Waals surface area contributed by atoms with Crippen molar-refractivity contribution in [1.29, 1.82) is 0 Å². The Kier molecular flexibility index (Phi) is 3.55. The van der Waals surface area contributed by atoms with Crippen LogP contribution in [0.1, 0.15) is 13.0 Å². The van der Waals surface area contributed by atoms with Crippen LogP contribution in [0.25, 0.3) is 27.2 Å². The number of aliphatic hydroxyl groups is 1. The lowest BCUT2D eigenvalue weighted by atomic mass is 10.0. The van der Waals surface area contributed by atoms with Crippen LogP contribution < -0.4 is 11.1 Å². The van der Waals surface area contributed by atoms with Gasteiger partial charge in [0.15, 0.2) is 5.70 Å². The van der Waals surface area contributed by atoms with E-state index in [0.29, 0.717) is 0 Å². The van der Waals surface area contributed by atoms with Crippen LogP contribution in [0, 0.1) is 0 Å². The average Bonchev–Trinajstić information content (AvgIpc) is 2.66. The second-order valence-electron chi connectivity index (χ2n) is 6.29. The fraction of sp³-hybridized carbons (Fsp3) is 0.211. The predicted octanol–water partition coefficient (Wildman–Crippen LogP) is 1.27. The highest BCUT2D eigenvalue weighted by molar-refractivity contribution is 6.10. The van der Waals surface area contributed by atoms with Gasteiger partial charge in [0.2, 0.25) is 0 Å². The van der Waals surface area contributed by atoms with E-state index in [9.17, 15) is 19.5 Å². The van der Waals surface area contributed by atoms with Crippen LogP contribution >= 0.6 is 0 Å². The van der Waals surface area contributed by atoms with Crippen molar-refractivity contribution in [3.8, 4) is 0 Å². The number of aromatic nitrogens is 2. The number of hydrogen-bond donors (Lipinski definition) is 1. The van der Waals surface area contributed by atoms with Crippen molar-refractivity contribution in [2.75, 3.05) is 7.11 Å². The number of carbonyl (C=O) groups is 1. The zero-order valence-corrected chi connectivity index (χ0v) is 14.2. The molecule has 132 valence electrons. The van der Waals surface area contributed by atoms with Gasteiger partial charge in [-0.2, -0.15) is 0 Å². The fourth-order valence-electron chi connectivity index (χ4n) is 3.39. The second kappa shape index (κ2) is 5.67. The number of esters is 1. The Labute approximate surface area is 147 Å². The molecule has 0 radical (unpaired) electrons.